The number of aliphatic hydroxyl groups excluding tert-OH is 1. The van der Waals surface area contributed by atoms with Gasteiger partial charge in [-0.2, -0.15) is 0 Å². The van der Waals surface area contributed by atoms with E-state index in [1.807, 2.05) is 33.8 Å². The van der Waals surface area contributed by atoms with E-state index in [1.54, 1.807) is 36.4 Å². The molecule has 0 bridgehead atoms. The maximum absolute atomic E-state index is 14.6. The Balaban J connectivity index is 0.870. The normalized spacial score (nSPS) is 28.5. The van der Waals surface area contributed by atoms with Crippen LogP contribution in [-0.4, -0.2) is 113 Å². The number of aliphatic hydroxyl groups is 1. The Morgan fingerprint density at radius 1 is 0.872 bits per heavy atom. The predicted octanol–water partition coefficient (Wildman–Crippen LogP) is 6.64. The van der Waals surface area contributed by atoms with Crippen molar-refractivity contribution < 1.29 is 72.0 Å². The molecule has 4 fully saturated rings. The molecule has 6 aliphatic rings. The number of allylic oxidation sites excluding steroid dienone is 4. The highest BCUT2D eigenvalue weighted by molar-refractivity contribution is 6.12. The number of nitrogens with one attached hydrogen (secondary N) is 1. The molecule has 1 unspecified atom stereocenters. The Morgan fingerprint density at radius 3 is 2.24 bits per heavy atom. The first-order chi connectivity index (χ1) is 37.1. The summed E-state index contributed by atoms with van der Waals surface area (Å²) >= 11 is 0. The molecule has 78 heavy (non-hydrogen) atoms. The van der Waals surface area contributed by atoms with Gasteiger partial charge in [-0.1, -0.05) is 83.4 Å². The zero-order chi connectivity index (χ0) is 56.5. The van der Waals surface area contributed by atoms with Crippen molar-refractivity contribution >= 4 is 58.7 Å². The summed E-state index contributed by atoms with van der Waals surface area (Å²) < 4.78 is 24.1. The fourth-order valence-electron chi connectivity index (χ4n) is 13.7. The molecule has 0 radical (unpaired) electrons. The monoisotopic (exact) mass is 1080 g/mol. The largest absolute Gasteiger partial charge is 0.461 e. The van der Waals surface area contributed by atoms with Gasteiger partial charge in [-0.15, -0.1) is 0 Å². The van der Waals surface area contributed by atoms with Gasteiger partial charge in [0.1, 0.15) is 24.0 Å². The van der Waals surface area contributed by atoms with E-state index < -0.39 is 77.1 Å². The van der Waals surface area contributed by atoms with Crippen molar-refractivity contribution in [2.45, 2.75) is 174 Å². The van der Waals surface area contributed by atoms with Crippen molar-refractivity contribution in [1.29, 1.82) is 0 Å². The third kappa shape index (κ3) is 13.4. The van der Waals surface area contributed by atoms with Crippen LogP contribution in [0.3, 0.4) is 0 Å². The van der Waals surface area contributed by atoms with Crippen LogP contribution in [0.1, 0.15) is 148 Å². The van der Waals surface area contributed by atoms with Crippen molar-refractivity contribution in [3.05, 3.63) is 71.3 Å². The fourth-order valence-corrected chi connectivity index (χ4v) is 13.7. The number of benzene rings is 1. The van der Waals surface area contributed by atoms with Crippen molar-refractivity contribution in [2.75, 3.05) is 19.7 Å². The number of Topliss-reactive ketones (excluding diaryl/α,β-unsaturated/α-hetero) is 4. The molecule has 1 saturated heterocycles. The highest BCUT2D eigenvalue weighted by atomic mass is 16.7. The topological polar surface area (TPSA) is 269 Å². The summed E-state index contributed by atoms with van der Waals surface area (Å²) in [6.07, 6.45) is 11.3. The van der Waals surface area contributed by atoms with Gasteiger partial charge in [-0.05, 0) is 98.8 Å². The first kappa shape index (κ1) is 59.7. The number of nitrogens with two attached hydrogens (primary N) is 1. The van der Waals surface area contributed by atoms with E-state index in [4.69, 9.17) is 24.7 Å². The number of unbranched alkanes of at least 4 members (excludes halogenated alkanes) is 2. The average molecular weight is 1080 g/mol. The number of nitrogens with zero attached hydrogens (tertiary/aromatic N) is 1. The van der Waals surface area contributed by atoms with Crippen LogP contribution in [0.15, 0.2) is 60.2 Å². The van der Waals surface area contributed by atoms with Crippen molar-refractivity contribution in [3.8, 4) is 0 Å². The molecule has 18 heteroatoms. The smallest absolute Gasteiger partial charge is 0.312 e. The number of amides is 4. The minimum absolute atomic E-state index is 0.00474. The molecule has 4 N–H and O–H groups in total. The summed E-state index contributed by atoms with van der Waals surface area (Å²) in [4.78, 5) is 130. The molecule has 2 aliphatic heterocycles. The lowest BCUT2D eigenvalue weighted by Crippen LogP contribution is -2.63. The van der Waals surface area contributed by atoms with Crippen LogP contribution < -0.4 is 11.1 Å². The third-order valence-corrected chi connectivity index (χ3v) is 17.8. The standard InChI is InChI=1S/C60H79N3O15/c1-6-11-55-77-50-32-45-43-19-18-40-30-42(65)24-25-58(40,4)56(43)48(68)33-59(45,5)60(50,78-55)49(69)35-76-54(73)23-22-53(72)75-34-38-16-14-37(15-17-38)28-46(66)39(12-10-26-62-57(61)74)29-47(67)44(36(2)3)31-41(64)13-8-7-9-27-63-51(70)20-21-52(63)71/h14-17,20-21,24-25,30,36,39,43-45,48,50,55-56,68H,6-13,18-19,22-23,26-29,31-35H2,1-5H3,(H3,61,62,74)/t39-,43+,44+,45+,48+,50-,55?,56-,58+,59+,60-/m1/s1. The number of carbonyl (C=O) groups is 10. The summed E-state index contributed by atoms with van der Waals surface area (Å²) in [7, 11) is 0. The Labute approximate surface area is 457 Å². The number of urea groups is 1. The lowest BCUT2D eigenvalue weighted by molar-refractivity contribution is -0.201. The summed E-state index contributed by atoms with van der Waals surface area (Å²) in [5.74, 6) is -4.68. The van der Waals surface area contributed by atoms with E-state index in [-0.39, 0.29) is 123 Å². The molecule has 3 saturated carbocycles. The molecular weight excluding hydrogens is 1000 g/mol. The maximum Gasteiger partial charge on any atom is 0.312 e. The van der Waals surface area contributed by atoms with Gasteiger partial charge in [0.25, 0.3) is 11.8 Å². The molecule has 11 atom stereocenters. The Bertz CT molecular complexity index is 2550. The summed E-state index contributed by atoms with van der Waals surface area (Å²) in [5, 5.41) is 14.5. The molecular formula is C60H79N3O15. The van der Waals surface area contributed by atoms with Crippen molar-refractivity contribution in [1.82, 2.24) is 10.2 Å². The molecule has 1 aromatic carbocycles. The minimum atomic E-state index is -1.46. The van der Waals surface area contributed by atoms with Gasteiger partial charge < -0.3 is 35.1 Å². The van der Waals surface area contributed by atoms with Gasteiger partial charge in [0, 0.05) is 79.5 Å². The van der Waals surface area contributed by atoms with Crippen LogP contribution in [0.25, 0.3) is 0 Å². The summed E-state index contributed by atoms with van der Waals surface area (Å²) in [5.41, 5.74) is 4.75. The average Bonchev–Trinajstić information content (AvgIpc) is 4.10. The molecule has 0 spiro atoms. The van der Waals surface area contributed by atoms with E-state index in [2.05, 4.69) is 12.2 Å². The van der Waals surface area contributed by atoms with Crippen LogP contribution in [0.5, 0.6) is 0 Å². The first-order valence-electron chi connectivity index (χ1n) is 28.1. The van der Waals surface area contributed by atoms with Crippen LogP contribution in [0, 0.1) is 46.3 Å². The fraction of sp³-hybridized carbons (Fsp3) is 0.633. The number of hydrogen-bond acceptors (Lipinski definition) is 15. The van der Waals surface area contributed by atoms with Crippen LogP contribution in [-0.2, 0) is 75.1 Å². The van der Waals surface area contributed by atoms with Crippen molar-refractivity contribution in [2.24, 2.45) is 52.1 Å². The zero-order valence-corrected chi connectivity index (χ0v) is 45.9. The van der Waals surface area contributed by atoms with Gasteiger partial charge in [0.05, 0.1) is 25.0 Å². The molecule has 4 amide bonds. The molecule has 18 nitrogen and oxygen atoms in total. The van der Waals surface area contributed by atoms with E-state index in [0.717, 1.165) is 23.3 Å². The second-order valence-corrected chi connectivity index (χ2v) is 23.2. The Kier molecular flexibility index (Phi) is 19.8. The zero-order valence-electron chi connectivity index (χ0n) is 45.9. The SMILES string of the molecule is CCCC1O[C@@H]2C[C@H]3[C@@H]4CCC5=CC(=O)C=C[C@]5(C)[C@H]4[C@@H](O)C[C@]3(C)[C@]2(C(=O)COC(=O)CCC(=O)OCc2ccc(CC(=O)[C@H](CCCNC(N)=O)CC(=O)[C@@H](CC(=O)CCCCCN3C(=O)C=CC3=O)C(C)C)cc2)O1. The number of ketones is 5. The number of primary amides is 1. The predicted molar refractivity (Wildman–Crippen MR) is 283 cm³/mol. The van der Waals surface area contributed by atoms with Gasteiger partial charge in [0.2, 0.25) is 5.78 Å². The lowest BCUT2D eigenvalue weighted by atomic mass is 9.46. The molecule has 0 aromatic heterocycles. The van der Waals surface area contributed by atoms with Gasteiger partial charge >= 0.3 is 18.0 Å². The highest BCUT2D eigenvalue weighted by Crippen LogP contribution is 2.69. The quantitative estimate of drug-likeness (QED) is 0.0431. The lowest BCUT2D eigenvalue weighted by Gasteiger charge is -2.59. The van der Waals surface area contributed by atoms with E-state index in [1.165, 1.54) is 12.2 Å². The molecule has 424 valence electrons. The number of imide groups is 1. The Hall–Kier alpha value is -5.98. The maximum atomic E-state index is 14.6. The van der Waals surface area contributed by atoms with Crippen LogP contribution >= 0.6 is 0 Å². The van der Waals surface area contributed by atoms with Gasteiger partial charge in [-0.3, -0.25) is 48.1 Å². The van der Waals surface area contributed by atoms with E-state index in [9.17, 15) is 53.1 Å². The van der Waals surface area contributed by atoms with Crippen LogP contribution in [0.2, 0.25) is 0 Å². The van der Waals surface area contributed by atoms with E-state index in [0.29, 0.717) is 62.5 Å². The van der Waals surface area contributed by atoms with Crippen molar-refractivity contribution in [3.63, 3.8) is 0 Å². The third-order valence-electron chi connectivity index (χ3n) is 17.8. The second kappa shape index (κ2) is 25.9. The van der Waals surface area contributed by atoms with Crippen LogP contribution in [0.4, 0.5) is 4.79 Å². The minimum Gasteiger partial charge on any atom is -0.461 e. The molecule has 1 aromatic rings. The highest BCUT2D eigenvalue weighted by Gasteiger charge is 2.76. The molecule has 4 aliphatic carbocycles. The number of esters is 2. The number of rotatable bonds is 29. The Morgan fingerprint density at radius 2 is 1.56 bits per heavy atom. The number of carbonyl (C=O) groups excluding carboxylic acids is 10. The number of fused-ring (bicyclic) bond motifs is 7. The molecule has 7 rings (SSSR count). The van der Waals surface area contributed by atoms with E-state index >= 15 is 0 Å². The summed E-state index contributed by atoms with van der Waals surface area (Å²) in [6.45, 7) is 9.60. The van der Waals surface area contributed by atoms with Gasteiger partial charge in [-0.25, -0.2) is 4.79 Å². The number of ether oxygens (including phenoxy) is 4. The summed E-state index contributed by atoms with van der Waals surface area (Å²) in [6, 6.07) is 6.16. The number of hydrogen-bond donors (Lipinski definition) is 3. The second-order valence-electron chi connectivity index (χ2n) is 23.2. The molecule has 2 heterocycles. The van der Waals surface area contributed by atoms with Gasteiger partial charge in [0.15, 0.2) is 24.3 Å². The first-order valence-corrected chi connectivity index (χ1v) is 28.1.